The normalized spacial score (nSPS) is 10.6. The molecule has 2 heterocycles. The lowest BCUT2D eigenvalue weighted by Crippen LogP contribution is -2.04. The van der Waals surface area contributed by atoms with Crippen LogP contribution in [-0.4, -0.2) is 19.2 Å². The molecule has 56 valence electrons. The molecule has 2 aromatic rings. The zero-order valence-corrected chi connectivity index (χ0v) is 6.25. The maximum absolute atomic E-state index is 11.0. The fourth-order valence-corrected chi connectivity index (χ4v) is 1.05. The van der Waals surface area contributed by atoms with E-state index in [9.17, 15) is 4.79 Å². The number of H-pyrrole nitrogens is 1. The molecule has 2 aromatic heterocycles. The monoisotopic (exact) mass is 168 g/mol. The zero-order valence-electron chi connectivity index (χ0n) is 5.35. The molecule has 0 unspecified atom stereocenters. The van der Waals surface area contributed by atoms with Crippen molar-refractivity contribution in [1.29, 1.82) is 0 Å². The quantitative estimate of drug-likeness (QED) is 0.536. The predicted molar refractivity (Wildman–Crippen MR) is 42.5 cm³/mol. The number of fused-ring (bicyclic) bond motifs is 1. The molecule has 0 amide bonds. The van der Waals surface area contributed by atoms with Crippen molar-refractivity contribution in [3.8, 4) is 0 Å². The van der Waals surface area contributed by atoms with E-state index in [2.05, 4.69) is 27.9 Å². The lowest BCUT2D eigenvalue weighted by atomic mass is 10.4. The number of hydrogen-bond donors (Lipinski definition) is 2. The zero-order chi connectivity index (χ0) is 7.84. The molecule has 0 spiro atoms. The largest absolute Gasteiger partial charge is 0.312 e. The van der Waals surface area contributed by atoms with E-state index in [1.807, 2.05) is 0 Å². The Morgan fingerprint density at radius 3 is 3.18 bits per heavy atom. The van der Waals surface area contributed by atoms with Gasteiger partial charge in [-0.1, -0.05) is 0 Å². The molecule has 0 atom stereocenters. The van der Waals surface area contributed by atoms with E-state index in [1.165, 1.54) is 16.6 Å². The van der Waals surface area contributed by atoms with Crippen LogP contribution >= 0.6 is 12.8 Å². The number of nitrogens with one attached hydrogen (secondary N) is 1. The molecule has 0 aromatic carbocycles. The summed E-state index contributed by atoms with van der Waals surface area (Å²) in [6.45, 7) is 0. The Bertz CT molecular complexity index is 445. The molecule has 1 N–H and O–H groups in total. The first kappa shape index (κ1) is 6.41. The Labute approximate surface area is 66.6 Å². The summed E-state index contributed by atoms with van der Waals surface area (Å²) >= 11 is 3.94. The van der Waals surface area contributed by atoms with E-state index in [0.717, 1.165) is 0 Å². The minimum absolute atomic E-state index is 0.199. The van der Waals surface area contributed by atoms with E-state index >= 15 is 0 Å². The fourth-order valence-electron chi connectivity index (χ4n) is 0.844. The van der Waals surface area contributed by atoms with Gasteiger partial charge in [0, 0.05) is 0 Å². The van der Waals surface area contributed by atoms with Crippen LogP contribution in [0.3, 0.4) is 0 Å². The molecular formula is C5H4N4OS. The van der Waals surface area contributed by atoms with E-state index < -0.39 is 0 Å². The average molecular weight is 168 g/mol. The third-order valence-electron chi connectivity index (χ3n) is 1.35. The van der Waals surface area contributed by atoms with Gasteiger partial charge in [-0.05, 0) is 12.8 Å². The lowest BCUT2D eigenvalue weighted by molar-refractivity contribution is 1.02. The van der Waals surface area contributed by atoms with Gasteiger partial charge in [-0.15, -0.1) is 0 Å². The van der Waals surface area contributed by atoms with E-state index in [4.69, 9.17) is 0 Å². The average Bonchev–Trinajstić information content (AvgIpc) is 2.35. The molecule has 0 saturated heterocycles. The standard InChI is InChI=1S/C5H4N4OS/c10-5-3-1-8-9(11)4(3)6-2-7-5/h1-2,11H,(H,6,7,10). The van der Waals surface area contributed by atoms with Crippen LogP contribution in [0.15, 0.2) is 17.3 Å². The number of aromatic nitrogens is 4. The van der Waals surface area contributed by atoms with Crippen molar-refractivity contribution in [2.75, 3.05) is 0 Å². The predicted octanol–water partition coefficient (Wildman–Crippen LogP) is -0.188. The van der Waals surface area contributed by atoms with Gasteiger partial charge in [-0.25, -0.2) is 4.98 Å². The van der Waals surface area contributed by atoms with Gasteiger partial charge >= 0.3 is 0 Å². The van der Waals surface area contributed by atoms with Gasteiger partial charge in [0.05, 0.1) is 12.5 Å². The molecule has 0 bridgehead atoms. The van der Waals surface area contributed by atoms with Crippen LogP contribution in [0.1, 0.15) is 0 Å². The van der Waals surface area contributed by atoms with Gasteiger partial charge in [0.1, 0.15) is 5.39 Å². The number of thiol groups is 1. The first-order chi connectivity index (χ1) is 5.29. The van der Waals surface area contributed by atoms with Gasteiger partial charge in [0.2, 0.25) is 0 Å². The molecule has 0 saturated carbocycles. The van der Waals surface area contributed by atoms with Crippen LogP contribution in [-0.2, 0) is 0 Å². The highest BCUT2D eigenvalue weighted by Crippen LogP contribution is 2.03. The summed E-state index contributed by atoms with van der Waals surface area (Å²) in [5.74, 6) is 0. The lowest BCUT2D eigenvalue weighted by Gasteiger charge is -1.87. The SMILES string of the molecule is O=c1[nH]cnc2c1cnn2S. The van der Waals surface area contributed by atoms with Gasteiger partial charge in [-0.2, -0.15) is 9.19 Å². The van der Waals surface area contributed by atoms with Gasteiger partial charge in [0.15, 0.2) is 5.65 Å². The van der Waals surface area contributed by atoms with Crippen molar-refractivity contribution >= 4 is 23.8 Å². The number of rotatable bonds is 0. The number of hydrogen-bond acceptors (Lipinski definition) is 4. The smallest absolute Gasteiger partial charge is 0.261 e. The minimum Gasteiger partial charge on any atom is -0.312 e. The highest BCUT2D eigenvalue weighted by Gasteiger charge is 2.02. The van der Waals surface area contributed by atoms with E-state index in [-0.39, 0.29) is 5.56 Å². The number of aromatic amines is 1. The van der Waals surface area contributed by atoms with Crippen LogP contribution < -0.4 is 5.56 Å². The summed E-state index contributed by atoms with van der Waals surface area (Å²) in [6.07, 6.45) is 2.74. The first-order valence-corrected chi connectivity index (χ1v) is 3.30. The topological polar surface area (TPSA) is 63.6 Å². The Morgan fingerprint density at radius 1 is 1.64 bits per heavy atom. The Balaban J connectivity index is 3.06. The van der Waals surface area contributed by atoms with Crippen molar-refractivity contribution in [2.24, 2.45) is 0 Å². The summed E-state index contributed by atoms with van der Waals surface area (Å²) in [4.78, 5) is 17.3. The van der Waals surface area contributed by atoms with Crippen LogP contribution in [0.2, 0.25) is 0 Å². The van der Waals surface area contributed by atoms with Crippen molar-refractivity contribution in [2.45, 2.75) is 0 Å². The molecule has 6 heteroatoms. The Kier molecular flexibility index (Phi) is 1.22. The first-order valence-electron chi connectivity index (χ1n) is 2.90. The molecule has 2 rings (SSSR count). The Hall–Kier alpha value is -1.30. The minimum atomic E-state index is -0.199. The molecule has 0 aliphatic carbocycles. The van der Waals surface area contributed by atoms with Crippen molar-refractivity contribution in [1.82, 2.24) is 19.2 Å². The van der Waals surface area contributed by atoms with Crippen molar-refractivity contribution < 1.29 is 0 Å². The second-order valence-electron chi connectivity index (χ2n) is 2.00. The highest BCUT2D eigenvalue weighted by molar-refractivity contribution is 7.78. The third kappa shape index (κ3) is 0.829. The fraction of sp³-hybridized carbons (Fsp3) is 0. The number of nitrogens with zero attached hydrogens (tertiary/aromatic N) is 3. The van der Waals surface area contributed by atoms with Crippen LogP contribution in [0.5, 0.6) is 0 Å². The molecule has 5 nitrogen and oxygen atoms in total. The maximum atomic E-state index is 11.0. The van der Waals surface area contributed by atoms with Gasteiger partial charge in [0.25, 0.3) is 5.56 Å². The molecule has 0 fully saturated rings. The summed E-state index contributed by atoms with van der Waals surface area (Å²) in [5.41, 5.74) is 0.271. The van der Waals surface area contributed by atoms with Crippen LogP contribution in [0.4, 0.5) is 0 Å². The van der Waals surface area contributed by atoms with E-state index in [1.54, 1.807) is 0 Å². The van der Waals surface area contributed by atoms with Crippen molar-refractivity contribution in [3.05, 3.63) is 22.9 Å². The highest BCUT2D eigenvalue weighted by atomic mass is 32.1. The summed E-state index contributed by atoms with van der Waals surface area (Å²) < 4.78 is 1.25. The molecular weight excluding hydrogens is 164 g/mol. The van der Waals surface area contributed by atoms with Gasteiger partial charge < -0.3 is 4.98 Å². The third-order valence-corrected chi connectivity index (χ3v) is 1.65. The molecule has 0 aliphatic heterocycles. The molecule has 11 heavy (non-hydrogen) atoms. The van der Waals surface area contributed by atoms with E-state index in [0.29, 0.717) is 11.0 Å². The summed E-state index contributed by atoms with van der Waals surface area (Å²) in [6, 6.07) is 0. The second-order valence-corrected chi connectivity index (χ2v) is 2.38. The second kappa shape index (κ2) is 2.09. The maximum Gasteiger partial charge on any atom is 0.261 e. The van der Waals surface area contributed by atoms with Crippen molar-refractivity contribution in [3.63, 3.8) is 0 Å². The molecule has 0 aliphatic rings. The van der Waals surface area contributed by atoms with Crippen LogP contribution in [0.25, 0.3) is 11.0 Å². The summed E-state index contributed by atoms with van der Waals surface area (Å²) in [7, 11) is 0. The van der Waals surface area contributed by atoms with Gasteiger partial charge in [-0.3, -0.25) is 4.79 Å². The Morgan fingerprint density at radius 2 is 2.45 bits per heavy atom. The van der Waals surface area contributed by atoms with Crippen LogP contribution in [0, 0.1) is 0 Å². The molecule has 0 radical (unpaired) electrons. The summed E-state index contributed by atoms with van der Waals surface area (Å²) in [5, 5.41) is 4.20.